The van der Waals surface area contributed by atoms with Gasteiger partial charge in [0.25, 0.3) is 0 Å². The van der Waals surface area contributed by atoms with Crippen LogP contribution >= 0.6 is 11.8 Å². The van der Waals surface area contributed by atoms with Crippen LogP contribution in [0.5, 0.6) is 0 Å². The normalized spacial score (nSPS) is 11.6. The Hall–Kier alpha value is -2.74. The molecule has 138 valence electrons. The smallest absolute Gasteiger partial charge is 0.320 e. The first-order chi connectivity index (χ1) is 13.2. The Balaban J connectivity index is 1.68. The molecule has 8 heteroatoms. The Morgan fingerprint density at radius 2 is 1.74 bits per heavy atom. The fourth-order valence-corrected chi connectivity index (χ4v) is 3.75. The molecule has 2 aromatic carbocycles. The first-order valence-electron chi connectivity index (χ1n) is 8.55. The van der Waals surface area contributed by atoms with E-state index in [1.165, 1.54) is 11.8 Å². The molecule has 4 rings (SSSR count). The van der Waals surface area contributed by atoms with Crippen LogP contribution in [0.1, 0.15) is 19.3 Å². The maximum absolute atomic E-state index is 13.6. The van der Waals surface area contributed by atoms with Crippen molar-refractivity contribution in [3.8, 4) is 0 Å². The second-order valence-electron chi connectivity index (χ2n) is 5.86. The van der Waals surface area contributed by atoms with Crippen LogP contribution in [-0.2, 0) is 5.75 Å². The summed E-state index contributed by atoms with van der Waals surface area (Å²) >= 11 is 1.30. The van der Waals surface area contributed by atoms with Gasteiger partial charge in [0, 0.05) is 11.9 Å². The van der Waals surface area contributed by atoms with E-state index >= 15 is 0 Å². The van der Waals surface area contributed by atoms with Crippen LogP contribution in [0.2, 0.25) is 0 Å². The Morgan fingerprint density at radius 1 is 1.00 bits per heavy atom. The first-order valence-corrected chi connectivity index (χ1v) is 9.53. The van der Waals surface area contributed by atoms with E-state index in [0.717, 1.165) is 27.8 Å². The molecule has 0 aliphatic heterocycles. The molecule has 0 aliphatic rings. The number of nitrogens with zero attached hydrogens (tertiary/aromatic N) is 4. The molecule has 2 aromatic heterocycles. The number of thioether (sulfide) groups is 1. The van der Waals surface area contributed by atoms with Crippen LogP contribution in [0, 0.1) is 0 Å². The van der Waals surface area contributed by atoms with Gasteiger partial charge < -0.3 is 5.32 Å². The Labute approximate surface area is 158 Å². The van der Waals surface area contributed by atoms with Crippen molar-refractivity contribution < 1.29 is 8.78 Å². The van der Waals surface area contributed by atoms with E-state index in [4.69, 9.17) is 0 Å². The lowest BCUT2D eigenvalue weighted by Crippen LogP contribution is -2.05. The molecule has 0 spiro atoms. The van der Waals surface area contributed by atoms with E-state index in [1.54, 1.807) is 24.3 Å². The summed E-state index contributed by atoms with van der Waals surface area (Å²) in [7, 11) is 0. The van der Waals surface area contributed by atoms with Crippen molar-refractivity contribution >= 4 is 39.5 Å². The van der Waals surface area contributed by atoms with Crippen molar-refractivity contribution in [1.29, 1.82) is 0 Å². The third-order valence-electron chi connectivity index (χ3n) is 4.12. The van der Waals surface area contributed by atoms with Gasteiger partial charge in [0.15, 0.2) is 5.16 Å². The largest absolute Gasteiger partial charge is 0.370 e. The molecule has 0 unspecified atom stereocenters. The topological polar surface area (TPSA) is 55.6 Å². The molecule has 0 amide bonds. The van der Waals surface area contributed by atoms with E-state index in [-0.39, 0.29) is 5.75 Å². The van der Waals surface area contributed by atoms with Gasteiger partial charge in [-0.2, -0.15) is 8.78 Å². The summed E-state index contributed by atoms with van der Waals surface area (Å²) in [5.41, 5.74) is 1.80. The average molecular weight is 385 g/mol. The summed E-state index contributed by atoms with van der Waals surface area (Å²) in [4.78, 5) is 13.5. The second-order valence-corrected chi connectivity index (χ2v) is 6.80. The Bertz CT molecular complexity index is 1100. The number of imidazole rings is 1. The van der Waals surface area contributed by atoms with Gasteiger partial charge in [-0.05, 0) is 31.2 Å². The lowest BCUT2D eigenvalue weighted by atomic mass is 10.2. The summed E-state index contributed by atoms with van der Waals surface area (Å²) in [6.45, 7) is 0.0731. The van der Waals surface area contributed by atoms with Gasteiger partial charge in [0.2, 0.25) is 0 Å². The van der Waals surface area contributed by atoms with Crippen molar-refractivity contribution in [3.63, 3.8) is 0 Å². The molecule has 27 heavy (non-hydrogen) atoms. The highest BCUT2D eigenvalue weighted by Crippen LogP contribution is 2.29. The highest BCUT2D eigenvalue weighted by atomic mass is 32.2. The lowest BCUT2D eigenvalue weighted by molar-refractivity contribution is 0.0722. The summed E-state index contributed by atoms with van der Waals surface area (Å²) in [5, 5.41) is 4.69. The number of benzene rings is 2. The number of fused-ring (bicyclic) bond motifs is 2. The predicted octanol–water partition coefficient (Wildman–Crippen LogP) is 5.10. The monoisotopic (exact) mass is 385 g/mol. The van der Waals surface area contributed by atoms with Gasteiger partial charge in [-0.3, -0.25) is 4.57 Å². The minimum Gasteiger partial charge on any atom is -0.370 e. The zero-order valence-electron chi connectivity index (χ0n) is 14.6. The second kappa shape index (κ2) is 7.48. The summed E-state index contributed by atoms with van der Waals surface area (Å²) in [5.74, 6) is 1.30. The van der Waals surface area contributed by atoms with Crippen molar-refractivity contribution in [2.75, 3.05) is 11.9 Å². The maximum Gasteiger partial charge on any atom is 0.320 e. The number of nitrogens with one attached hydrogen (secondary N) is 1. The average Bonchev–Trinajstić information content (AvgIpc) is 3.05. The molecule has 0 saturated heterocycles. The minimum atomic E-state index is -2.65. The quantitative estimate of drug-likeness (QED) is 0.370. The number of anilines is 1. The van der Waals surface area contributed by atoms with E-state index < -0.39 is 6.55 Å². The van der Waals surface area contributed by atoms with Gasteiger partial charge in [-0.1, -0.05) is 36.0 Å². The lowest BCUT2D eigenvalue weighted by Gasteiger charge is -2.10. The molecule has 4 aromatic rings. The number of alkyl halides is 2. The zero-order valence-corrected chi connectivity index (χ0v) is 15.4. The van der Waals surface area contributed by atoms with Gasteiger partial charge in [-0.25, -0.2) is 15.0 Å². The van der Waals surface area contributed by atoms with Crippen molar-refractivity contribution in [1.82, 2.24) is 19.5 Å². The third kappa shape index (κ3) is 3.44. The number of para-hydroxylation sites is 3. The molecule has 0 fully saturated rings. The van der Waals surface area contributed by atoms with Crippen LogP contribution in [0.4, 0.5) is 14.6 Å². The van der Waals surface area contributed by atoms with Crippen LogP contribution in [0.3, 0.4) is 0 Å². The van der Waals surface area contributed by atoms with Gasteiger partial charge in [0.1, 0.15) is 11.6 Å². The molecule has 0 bridgehead atoms. The SMILES string of the molecule is CCNc1nc(SCc2nc3ccccc3n2C(F)F)nc2ccccc12. The number of hydrogen-bond acceptors (Lipinski definition) is 5. The summed E-state index contributed by atoms with van der Waals surface area (Å²) < 4.78 is 28.1. The van der Waals surface area contributed by atoms with Gasteiger partial charge in [0.05, 0.1) is 22.3 Å². The molecule has 5 nitrogen and oxygen atoms in total. The molecular formula is C19H17F2N5S. The molecule has 1 N–H and O–H groups in total. The third-order valence-corrected chi connectivity index (χ3v) is 4.96. The fraction of sp³-hybridized carbons (Fsp3) is 0.211. The molecule has 0 aliphatic carbocycles. The zero-order chi connectivity index (χ0) is 18.8. The molecule has 0 saturated carbocycles. The molecule has 0 atom stereocenters. The summed E-state index contributed by atoms with van der Waals surface area (Å²) in [6, 6.07) is 14.6. The van der Waals surface area contributed by atoms with Crippen molar-refractivity contribution in [3.05, 3.63) is 54.4 Å². The van der Waals surface area contributed by atoms with Crippen molar-refractivity contribution in [2.24, 2.45) is 0 Å². The van der Waals surface area contributed by atoms with E-state index in [1.807, 2.05) is 31.2 Å². The molecule has 0 radical (unpaired) electrons. The summed E-state index contributed by atoms with van der Waals surface area (Å²) in [6.07, 6.45) is 0. The first kappa shape index (κ1) is 17.7. The van der Waals surface area contributed by atoms with Crippen molar-refractivity contribution in [2.45, 2.75) is 24.4 Å². The maximum atomic E-state index is 13.6. The van der Waals surface area contributed by atoms with E-state index in [2.05, 4.69) is 20.3 Å². The van der Waals surface area contributed by atoms with Crippen LogP contribution in [0.25, 0.3) is 21.9 Å². The number of aromatic nitrogens is 4. The predicted molar refractivity (Wildman–Crippen MR) is 104 cm³/mol. The van der Waals surface area contributed by atoms with Crippen LogP contribution < -0.4 is 5.32 Å². The Kier molecular flexibility index (Phi) is 4.89. The van der Waals surface area contributed by atoms with E-state index in [0.29, 0.717) is 22.0 Å². The standard InChI is InChI=1S/C19H17F2N5S/c1-2-22-17-12-7-3-4-8-13(12)24-19(25-17)27-11-16-23-14-9-5-6-10-15(14)26(16)18(20)21/h3-10,18H,2,11H2,1H3,(H,22,24,25). The van der Waals surface area contributed by atoms with Gasteiger partial charge >= 0.3 is 6.55 Å². The minimum absolute atomic E-state index is 0.253. The Morgan fingerprint density at radius 3 is 2.52 bits per heavy atom. The van der Waals surface area contributed by atoms with E-state index in [9.17, 15) is 8.78 Å². The number of halogens is 2. The molecular weight excluding hydrogens is 368 g/mol. The van der Waals surface area contributed by atoms with Crippen LogP contribution in [0.15, 0.2) is 53.7 Å². The number of rotatable bonds is 6. The van der Waals surface area contributed by atoms with Gasteiger partial charge in [-0.15, -0.1) is 0 Å². The number of hydrogen-bond donors (Lipinski definition) is 1. The fourth-order valence-electron chi connectivity index (χ4n) is 2.97. The highest BCUT2D eigenvalue weighted by molar-refractivity contribution is 7.98. The molecule has 2 heterocycles. The van der Waals surface area contributed by atoms with Crippen LogP contribution in [-0.4, -0.2) is 26.1 Å². The highest BCUT2D eigenvalue weighted by Gasteiger charge is 2.18.